The highest BCUT2D eigenvalue weighted by molar-refractivity contribution is 7.90. The van der Waals surface area contributed by atoms with E-state index in [4.69, 9.17) is 0 Å². The number of aromatic nitrogens is 1. The number of fused-ring (bicyclic) bond motifs is 1. The number of sulfonamides is 1. The fourth-order valence-electron chi connectivity index (χ4n) is 2.17. The van der Waals surface area contributed by atoms with E-state index in [1.807, 2.05) is 36.8 Å². The summed E-state index contributed by atoms with van der Waals surface area (Å²) < 4.78 is 31.5. The van der Waals surface area contributed by atoms with Crippen LogP contribution in [0.5, 0.6) is 0 Å². The van der Waals surface area contributed by atoms with E-state index in [1.54, 1.807) is 12.1 Å². The molecule has 2 aromatic carbocycles. The number of benzene rings is 2. The van der Waals surface area contributed by atoms with Crippen LogP contribution in [0, 0.1) is 13.8 Å². The third-order valence-electron chi connectivity index (χ3n) is 3.42. The number of anilines is 1. The molecule has 3 rings (SSSR count). The quantitative estimate of drug-likeness (QED) is 0.748. The zero-order chi connectivity index (χ0) is 17.3. The molecule has 24 heavy (non-hydrogen) atoms. The molecule has 6 nitrogen and oxygen atoms in total. The molecule has 0 aliphatic carbocycles. The highest BCUT2D eigenvalue weighted by Gasteiger charge is 2.18. The zero-order valence-corrected chi connectivity index (χ0v) is 14.7. The zero-order valence-electron chi connectivity index (χ0n) is 13.0. The highest BCUT2D eigenvalue weighted by Crippen LogP contribution is 2.27. The van der Waals surface area contributed by atoms with Crippen LogP contribution in [-0.2, 0) is 10.0 Å². The van der Waals surface area contributed by atoms with E-state index in [1.165, 1.54) is 23.7 Å². The molecule has 0 aliphatic heterocycles. The van der Waals surface area contributed by atoms with Crippen molar-refractivity contribution in [1.29, 1.82) is 0 Å². The molecule has 3 aromatic rings. The molecular weight excluding hydrogens is 346 g/mol. The van der Waals surface area contributed by atoms with Gasteiger partial charge in [0.1, 0.15) is 0 Å². The Hall–Kier alpha value is -2.45. The summed E-state index contributed by atoms with van der Waals surface area (Å²) in [5, 5.41) is 3.28. The summed E-state index contributed by atoms with van der Waals surface area (Å²) >= 11 is 1.24. The van der Waals surface area contributed by atoms with Gasteiger partial charge in [-0.3, -0.25) is 5.32 Å². The second-order valence-corrected chi connectivity index (χ2v) is 7.89. The van der Waals surface area contributed by atoms with E-state index in [2.05, 4.69) is 9.69 Å². The number of urea groups is 1. The standard InChI is InChI=1S/C16H15N3O3S2/c1-10-3-6-12(7-4-10)24(21,22)19-16(20)17-15-13-9-11(2)5-8-14(13)23-18-15/h3-9H,1-2H3,(H2,17,18,19,20). The van der Waals surface area contributed by atoms with Gasteiger partial charge in [0.2, 0.25) is 0 Å². The molecule has 1 heterocycles. The van der Waals surface area contributed by atoms with E-state index >= 15 is 0 Å². The van der Waals surface area contributed by atoms with E-state index in [0.29, 0.717) is 5.82 Å². The minimum absolute atomic E-state index is 0.0298. The molecule has 0 unspecified atom stereocenters. The maximum atomic E-state index is 12.2. The number of rotatable bonds is 3. The van der Waals surface area contributed by atoms with E-state index in [0.717, 1.165) is 21.2 Å². The molecule has 0 atom stereocenters. The van der Waals surface area contributed by atoms with Gasteiger partial charge in [0, 0.05) is 5.39 Å². The maximum Gasteiger partial charge on any atom is 0.334 e. The third kappa shape index (κ3) is 3.39. The van der Waals surface area contributed by atoms with Crippen molar-refractivity contribution in [3.63, 3.8) is 0 Å². The van der Waals surface area contributed by atoms with Gasteiger partial charge in [-0.15, -0.1) is 0 Å². The lowest BCUT2D eigenvalue weighted by molar-refractivity contribution is 0.256. The van der Waals surface area contributed by atoms with Crippen molar-refractivity contribution >= 4 is 43.5 Å². The summed E-state index contributed by atoms with van der Waals surface area (Å²) in [7, 11) is -3.93. The van der Waals surface area contributed by atoms with Gasteiger partial charge in [-0.25, -0.2) is 17.9 Å². The van der Waals surface area contributed by atoms with Crippen LogP contribution in [0.1, 0.15) is 11.1 Å². The molecule has 0 fully saturated rings. The minimum atomic E-state index is -3.93. The minimum Gasteiger partial charge on any atom is -0.290 e. The van der Waals surface area contributed by atoms with Crippen molar-refractivity contribution in [2.75, 3.05) is 5.32 Å². The van der Waals surface area contributed by atoms with Gasteiger partial charge in [-0.05, 0) is 49.6 Å². The largest absolute Gasteiger partial charge is 0.334 e. The van der Waals surface area contributed by atoms with Crippen LogP contribution in [-0.4, -0.2) is 18.8 Å². The molecule has 0 bridgehead atoms. The number of carbonyl (C=O) groups is 1. The molecular formula is C16H15N3O3S2. The van der Waals surface area contributed by atoms with Gasteiger partial charge in [-0.1, -0.05) is 29.3 Å². The Kier molecular flexibility index (Phi) is 4.25. The van der Waals surface area contributed by atoms with Crippen LogP contribution in [0.2, 0.25) is 0 Å². The fourth-order valence-corrected chi connectivity index (χ4v) is 3.80. The summed E-state index contributed by atoms with van der Waals surface area (Å²) in [5.74, 6) is 0.343. The molecule has 0 radical (unpaired) electrons. The SMILES string of the molecule is Cc1ccc(S(=O)(=O)NC(=O)Nc2nsc3ccc(C)cc23)cc1. The number of carbonyl (C=O) groups excluding carboxylic acids is 1. The van der Waals surface area contributed by atoms with Crippen LogP contribution in [0.15, 0.2) is 47.4 Å². The summed E-state index contributed by atoms with van der Waals surface area (Å²) in [6.45, 7) is 3.79. The van der Waals surface area contributed by atoms with Gasteiger partial charge in [0.15, 0.2) is 5.82 Å². The molecule has 8 heteroatoms. The second-order valence-electron chi connectivity index (χ2n) is 5.40. The van der Waals surface area contributed by atoms with Crippen molar-refractivity contribution in [3.05, 3.63) is 53.6 Å². The van der Waals surface area contributed by atoms with Gasteiger partial charge < -0.3 is 0 Å². The lowest BCUT2D eigenvalue weighted by Gasteiger charge is -2.08. The molecule has 2 amide bonds. The van der Waals surface area contributed by atoms with Crippen molar-refractivity contribution in [2.45, 2.75) is 18.7 Å². The third-order valence-corrected chi connectivity index (χ3v) is 5.59. The van der Waals surface area contributed by atoms with Gasteiger partial charge in [0.25, 0.3) is 10.0 Å². The topological polar surface area (TPSA) is 88.2 Å². The smallest absolute Gasteiger partial charge is 0.290 e. The van der Waals surface area contributed by atoms with Crippen molar-refractivity contribution in [1.82, 2.24) is 9.10 Å². The second kappa shape index (κ2) is 6.21. The van der Waals surface area contributed by atoms with Crippen LogP contribution >= 0.6 is 11.5 Å². The van der Waals surface area contributed by atoms with Crippen molar-refractivity contribution in [2.24, 2.45) is 0 Å². The Morgan fingerprint density at radius 2 is 1.71 bits per heavy atom. The first-order chi connectivity index (χ1) is 11.3. The Morgan fingerprint density at radius 1 is 1.04 bits per heavy atom. The van der Waals surface area contributed by atoms with Crippen molar-refractivity contribution in [3.8, 4) is 0 Å². The number of nitrogens with zero attached hydrogens (tertiary/aromatic N) is 1. The molecule has 0 saturated carbocycles. The number of aryl methyl sites for hydroxylation is 2. The van der Waals surface area contributed by atoms with Gasteiger partial charge in [-0.2, -0.15) is 4.37 Å². The Bertz CT molecular complexity index is 1010. The lowest BCUT2D eigenvalue weighted by Crippen LogP contribution is -2.34. The first-order valence-corrected chi connectivity index (χ1v) is 9.37. The first-order valence-electron chi connectivity index (χ1n) is 7.12. The van der Waals surface area contributed by atoms with E-state index in [-0.39, 0.29) is 4.90 Å². The Labute approximate surface area is 143 Å². The predicted molar refractivity (Wildman–Crippen MR) is 94.9 cm³/mol. The number of hydrogen-bond donors (Lipinski definition) is 2. The predicted octanol–water partition coefficient (Wildman–Crippen LogP) is 3.42. The maximum absolute atomic E-state index is 12.2. The van der Waals surface area contributed by atoms with Crippen LogP contribution in [0.4, 0.5) is 10.6 Å². The molecule has 0 aliphatic rings. The lowest BCUT2D eigenvalue weighted by atomic mass is 10.2. The Balaban J connectivity index is 1.79. The number of amides is 2. The molecule has 0 saturated heterocycles. The van der Waals surface area contributed by atoms with Gasteiger partial charge in [0.05, 0.1) is 9.60 Å². The molecule has 1 aromatic heterocycles. The monoisotopic (exact) mass is 361 g/mol. The highest BCUT2D eigenvalue weighted by atomic mass is 32.2. The fraction of sp³-hybridized carbons (Fsp3) is 0.125. The summed E-state index contributed by atoms with van der Waals surface area (Å²) in [5.41, 5.74) is 1.96. The van der Waals surface area contributed by atoms with Gasteiger partial charge >= 0.3 is 6.03 Å². The molecule has 2 N–H and O–H groups in total. The summed E-state index contributed by atoms with van der Waals surface area (Å²) in [4.78, 5) is 12.1. The average Bonchev–Trinajstić information content (AvgIpc) is 2.89. The van der Waals surface area contributed by atoms with Crippen LogP contribution in [0.25, 0.3) is 10.1 Å². The number of nitrogens with one attached hydrogen (secondary N) is 2. The summed E-state index contributed by atoms with van der Waals surface area (Å²) in [6.07, 6.45) is 0. The Morgan fingerprint density at radius 3 is 2.42 bits per heavy atom. The molecule has 124 valence electrons. The van der Waals surface area contributed by atoms with Crippen LogP contribution < -0.4 is 10.0 Å². The van der Waals surface area contributed by atoms with Crippen LogP contribution in [0.3, 0.4) is 0 Å². The number of hydrogen-bond acceptors (Lipinski definition) is 5. The average molecular weight is 361 g/mol. The van der Waals surface area contributed by atoms with E-state index < -0.39 is 16.1 Å². The first kappa shape index (κ1) is 16.4. The van der Waals surface area contributed by atoms with Crippen molar-refractivity contribution < 1.29 is 13.2 Å². The summed E-state index contributed by atoms with van der Waals surface area (Å²) in [6, 6.07) is 11.2. The normalized spacial score (nSPS) is 11.4. The van der Waals surface area contributed by atoms with E-state index in [9.17, 15) is 13.2 Å². The molecule has 0 spiro atoms.